The minimum Gasteiger partial charge on any atom is -0.490 e. The summed E-state index contributed by atoms with van der Waals surface area (Å²) in [5.74, 6) is -0.190. The van der Waals surface area contributed by atoms with Crippen LogP contribution in [-0.4, -0.2) is 27.7 Å². The maximum Gasteiger partial charge on any atom is 0.416 e. The number of benzene rings is 3. The zero-order valence-corrected chi connectivity index (χ0v) is 27.5. The normalized spacial score (nSPS) is 11.9. The average molecular weight is 634 g/mol. The van der Waals surface area contributed by atoms with Gasteiger partial charge < -0.3 is 14.7 Å². The van der Waals surface area contributed by atoms with Crippen LogP contribution in [0.5, 0.6) is 5.75 Å². The third-order valence-corrected chi connectivity index (χ3v) is 8.01. The Labute approximate surface area is 269 Å². The van der Waals surface area contributed by atoms with Crippen LogP contribution in [0.3, 0.4) is 0 Å². The molecule has 3 aromatic carbocycles. The van der Waals surface area contributed by atoms with Gasteiger partial charge in [0.05, 0.1) is 24.6 Å². The number of nitrogens with zero attached hydrogens (tertiary/aromatic N) is 3. The first kappa shape index (κ1) is 34.5. The summed E-state index contributed by atoms with van der Waals surface area (Å²) in [6.07, 6.45) is -1.14. The number of aryl methyl sites for hydroxylation is 4. The van der Waals surface area contributed by atoms with Gasteiger partial charge in [-0.3, -0.25) is 4.79 Å². The molecule has 1 N–H and O–H groups in total. The molecule has 0 aliphatic rings. The van der Waals surface area contributed by atoms with E-state index in [1.807, 2.05) is 4.90 Å². The lowest BCUT2D eigenvalue weighted by molar-refractivity contribution is -0.138. The lowest BCUT2D eigenvalue weighted by Gasteiger charge is -2.27. The van der Waals surface area contributed by atoms with Crippen molar-refractivity contribution in [2.24, 2.45) is 0 Å². The number of carboxylic acid groups (broad SMARTS) is 1. The molecule has 0 saturated carbocycles. The van der Waals surface area contributed by atoms with Crippen LogP contribution in [0.4, 0.5) is 19.1 Å². The number of carbonyl (C=O) groups is 1. The van der Waals surface area contributed by atoms with Gasteiger partial charge in [-0.15, -0.1) is 0 Å². The van der Waals surface area contributed by atoms with E-state index in [0.29, 0.717) is 35.8 Å². The SMILES string of the molecule is Cc1cc(CN(Cc2cc(C)c(C)cc2-c2cc(C(C)(C)C)ccc2C)c2ncc(OCCCC(=O)O)cn2)cc(C(F)(F)F)c1. The van der Waals surface area contributed by atoms with Gasteiger partial charge in [0.2, 0.25) is 5.95 Å². The topological polar surface area (TPSA) is 75.6 Å². The summed E-state index contributed by atoms with van der Waals surface area (Å²) in [6.45, 7) is 15.1. The highest BCUT2D eigenvalue weighted by Crippen LogP contribution is 2.36. The number of carboxylic acids is 1. The highest BCUT2D eigenvalue weighted by Gasteiger charge is 2.31. The second-order valence-corrected chi connectivity index (χ2v) is 13.0. The molecule has 0 spiro atoms. The van der Waals surface area contributed by atoms with E-state index in [-0.39, 0.29) is 25.0 Å². The fraction of sp³-hybridized carbons (Fsp3) is 0.378. The molecule has 0 aliphatic carbocycles. The van der Waals surface area contributed by atoms with Crippen molar-refractivity contribution in [3.05, 3.63) is 105 Å². The summed E-state index contributed by atoms with van der Waals surface area (Å²) in [5.41, 5.74) is 7.97. The number of hydrogen-bond acceptors (Lipinski definition) is 5. The van der Waals surface area contributed by atoms with Gasteiger partial charge in [-0.25, -0.2) is 9.97 Å². The minimum atomic E-state index is -4.47. The first-order chi connectivity index (χ1) is 21.5. The molecule has 0 aliphatic heterocycles. The monoisotopic (exact) mass is 633 g/mol. The molecule has 244 valence electrons. The summed E-state index contributed by atoms with van der Waals surface area (Å²) < 4.78 is 46.9. The van der Waals surface area contributed by atoms with Crippen LogP contribution in [0.1, 0.15) is 78.1 Å². The third-order valence-electron chi connectivity index (χ3n) is 8.01. The second kappa shape index (κ2) is 13.9. The molecule has 4 rings (SSSR count). The van der Waals surface area contributed by atoms with Crippen molar-refractivity contribution in [1.82, 2.24) is 9.97 Å². The summed E-state index contributed by atoms with van der Waals surface area (Å²) in [4.78, 5) is 21.8. The van der Waals surface area contributed by atoms with E-state index in [1.165, 1.54) is 24.0 Å². The van der Waals surface area contributed by atoms with Gasteiger partial charge in [-0.2, -0.15) is 13.2 Å². The number of ether oxygens (including phenoxy) is 1. The Morgan fingerprint density at radius 2 is 1.50 bits per heavy atom. The molecule has 0 amide bonds. The molecule has 0 radical (unpaired) electrons. The van der Waals surface area contributed by atoms with Crippen LogP contribution in [0, 0.1) is 27.7 Å². The van der Waals surface area contributed by atoms with E-state index in [9.17, 15) is 18.0 Å². The fourth-order valence-electron chi connectivity index (χ4n) is 5.34. The molecular weight excluding hydrogens is 591 g/mol. The molecule has 0 fully saturated rings. The Kier molecular flexibility index (Phi) is 10.4. The predicted molar refractivity (Wildman–Crippen MR) is 175 cm³/mol. The van der Waals surface area contributed by atoms with Crippen molar-refractivity contribution < 1.29 is 27.8 Å². The van der Waals surface area contributed by atoms with Crippen LogP contribution in [0.2, 0.25) is 0 Å². The van der Waals surface area contributed by atoms with Crippen molar-refractivity contribution >= 4 is 11.9 Å². The van der Waals surface area contributed by atoms with Gasteiger partial charge >= 0.3 is 12.1 Å². The van der Waals surface area contributed by atoms with Gasteiger partial charge in [0.1, 0.15) is 0 Å². The fourth-order valence-corrected chi connectivity index (χ4v) is 5.34. The highest BCUT2D eigenvalue weighted by molar-refractivity contribution is 5.73. The van der Waals surface area contributed by atoms with Gasteiger partial charge in [0.15, 0.2) is 5.75 Å². The molecule has 4 aromatic rings. The molecule has 1 aromatic heterocycles. The zero-order chi connectivity index (χ0) is 33.8. The predicted octanol–water partition coefficient (Wildman–Crippen LogP) is 9.14. The number of aromatic nitrogens is 2. The van der Waals surface area contributed by atoms with E-state index >= 15 is 0 Å². The molecule has 0 atom stereocenters. The average Bonchev–Trinajstić information content (AvgIpc) is 2.96. The number of alkyl halides is 3. The molecule has 6 nitrogen and oxygen atoms in total. The van der Waals surface area contributed by atoms with Crippen LogP contribution in [-0.2, 0) is 29.5 Å². The van der Waals surface area contributed by atoms with Gasteiger partial charge in [0.25, 0.3) is 0 Å². The third kappa shape index (κ3) is 8.86. The van der Waals surface area contributed by atoms with Crippen LogP contribution < -0.4 is 9.64 Å². The molecule has 0 unspecified atom stereocenters. The maximum atomic E-state index is 13.8. The Hall–Kier alpha value is -4.40. The quantitative estimate of drug-likeness (QED) is 0.166. The molecule has 0 saturated heterocycles. The number of rotatable bonds is 11. The van der Waals surface area contributed by atoms with Crippen molar-refractivity contribution in [3.8, 4) is 16.9 Å². The van der Waals surface area contributed by atoms with Gasteiger partial charge in [0, 0.05) is 19.5 Å². The first-order valence-electron chi connectivity index (χ1n) is 15.3. The Morgan fingerprint density at radius 3 is 2.13 bits per heavy atom. The zero-order valence-electron chi connectivity index (χ0n) is 27.5. The smallest absolute Gasteiger partial charge is 0.416 e. The molecule has 9 heteroatoms. The molecule has 0 bridgehead atoms. The highest BCUT2D eigenvalue weighted by atomic mass is 19.4. The lowest BCUT2D eigenvalue weighted by Crippen LogP contribution is -2.25. The summed E-state index contributed by atoms with van der Waals surface area (Å²) in [5, 5.41) is 8.87. The van der Waals surface area contributed by atoms with Crippen LogP contribution in [0.15, 0.2) is 60.9 Å². The van der Waals surface area contributed by atoms with Crippen molar-refractivity contribution in [3.63, 3.8) is 0 Å². The maximum absolute atomic E-state index is 13.8. The summed E-state index contributed by atoms with van der Waals surface area (Å²) in [7, 11) is 0. The second-order valence-electron chi connectivity index (χ2n) is 13.0. The van der Waals surface area contributed by atoms with Crippen molar-refractivity contribution in [1.29, 1.82) is 0 Å². The molecule has 1 heterocycles. The van der Waals surface area contributed by atoms with E-state index in [4.69, 9.17) is 9.84 Å². The van der Waals surface area contributed by atoms with Gasteiger partial charge in [-0.05, 0) is 96.2 Å². The summed E-state index contributed by atoms with van der Waals surface area (Å²) >= 11 is 0. The van der Waals surface area contributed by atoms with E-state index < -0.39 is 17.7 Å². The van der Waals surface area contributed by atoms with Crippen molar-refractivity contribution in [2.45, 2.75) is 86.0 Å². The Morgan fingerprint density at radius 1 is 0.826 bits per heavy atom. The lowest BCUT2D eigenvalue weighted by atomic mass is 9.83. The number of anilines is 1. The number of hydrogen-bond donors (Lipinski definition) is 1. The molecular formula is C37H42F3N3O3. The van der Waals surface area contributed by atoms with E-state index in [2.05, 4.69) is 81.8 Å². The molecule has 46 heavy (non-hydrogen) atoms. The first-order valence-corrected chi connectivity index (χ1v) is 15.3. The summed E-state index contributed by atoms with van der Waals surface area (Å²) in [6, 6.07) is 14.9. The Bertz CT molecular complexity index is 1690. The van der Waals surface area contributed by atoms with Gasteiger partial charge in [-0.1, -0.05) is 62.7 Å². The number of halogens is 3. The van der Waals surface area contributed by atoms with Crippen molar-refractivity contribution in [2.75, 3.05) is 11.5 Å². The minimum absolute atomic E-state index is 0.0143. The van der Waals surface area contributed by atoms with E-state index in [0.717, 1.165) is 39.4 Å². The Balaban J connectivity index is 1.78. The number of aliphatic carboxylic acids is 1. The largest absolute Gasteiger partial charge is 0.490 e. The van der Waals surface area contributed by atoms with Crippen LogP contribution >= 0.6 is 0 Å². The van der Waals surface area contributed by atoms with Crippen LogP contribution in [0.25, 0.3) is 11.1 Å². The van der Waals surface area contributed by atoms with E-state index in [1.54, 1.807) is 13.0 Å². The standard InChI is InChI=1S/C37H42F3N3O3/c1-23-13-27(17-30(14-23)37(38,39)40)21-43(35-41-19-31(20-42-35)46-12-8-9-34(44)45)22-28-15-25(3)26(4)16-33(28)32-18-29(36(5,6)7)11-10-24(32)2/h10-11,13-20H,8-9,12,21-22H2,1-7H3,(H,44,45).